The Morgan fingerprint density at radius 3 is 2.69 bits per heavy atom. The van der Waals surface area contributed by atoms with Crippen LogP contribution in [0.25, 0.3) is 11.6 Å². The Hall–Kier alpha value is -2.69. The Balaban J connectivity index is 1.38. The summed E-state index contributed by atoms with van der Waals surface area (Å²) in [5.74, 6) is 3.38. The predicted molar refractivity (Wildman–Crippen MR) is 97.0 cm³/mol. The lowest BCUT2D eigenvalue weighted by molar-refractivity contribution is 0.296. The summed E-state index contributed by atoms with van der Waals surface area (Å²) in [4.78, 5) is 9.08. The van der Waals surface area contributed by atoms with Crippen molar-refractivity contribution in [3.05, 3.63) is 59.5 Å². The Morgan fingerprint density at radius 1 is 1.08 bits per heavy atom. The minimum absolute atomic E-state index is 0.453. The molecule has 1 aromatic carbocycles. The Morgan fingerprint density at radius 2 is 1.92 bits per heavy atom. The van der Waals surface area contributed by atoms with Crippen LogP contribution >= 0.6 is 0 Å². The maximum Gasteiger partial charge on any atom is 0.276 e. The van der Waals surface area contributed by atoms with Gasteiger partial charge in [-0.15, -0.1) is 0 Å². The first-order valence-electron chi connectivity index (χ1n) is 9.35. The number of hydrogen-bond donors (Lipinski definition) is 0. The minimum Gasteiger partial charge on any atom is -0.493 e. The molecule has 2 heterocycles. The molecule has 0 spiro atoms. The molecule has 5 rings (SSSR count). The van der Waals surface area contributed by atoms with Crippen molar-refractivity contribution < 1.29 is 9.26 Å². The van der Waals surface area contributed by atoms with Gasteiger partial charge < -0.3 is 9.26 Å². The molecule has 5 heteroatoms. The fraction of sp³-hybridized carbons (Fsp3) is 0.381. The number of nitrogens with zero attached hydrogens (tertiary/aromatic N) is 3. The zero-order valence-corrected chi connectivity index (χ0v) is 14.6. The van der Waals surface area contributed by atoms with Gasteiger partial charge in [-0.2, -0.15) is 4.98 Å². The summed E-state index contributed by atoms with van der Waals surface area (Å²) in [6.07, 6.45) is 7.59. The van der Waals surface area contributed by atoms with Crippen LogP contribution in [0, 0.1) is 5.92 Å². The molecule has 0 radical (unpaired) electrons. The van der Waals surface area contributed by atoms with Crippen molar-refractivity contribution in [3.8, 4) is 17.3 Å². The summed E-state index contributed by atoms with van der Waals surface area (Å²) >= 11 is 0. The minimum atomic E-state index is 0.453. The van der Waals surface area contributed by atoms with Crippen molar-refractivity contribution in [3.63, 3.8) is 0 Å². The maximum atomic E-state index is 6.10. The number of aromatic nitrogens is 3. The van der Waals surface area contributed by atoms with Gasteiger partial charge in [0, 0.05) is 24.2 Å². The fourth-order valence-corrected chi connectivity index (χ4v) is 3.09. The van der Waals surface area contributed by atoms with E-state index in [0.29, 0.717) is 29.7 Å². The monoisotopic (exact) mass is 347 g/mol. The molecule has 2 fully saturated rings. The molecule has 0 unspecified atom stereocenters. The van der Waals surface area contributed by atoms with Gasteiger partial charge in [-0.05, 0) is 43.1 Å². The van der Waals surface area contributed by atoms with Crippen LogP contribution in [0.5, 0.6) is 5.75 Å². The molecule has 26 heavy (non-hydrogen) atoms. The Labute approximate surface area is 152 Å². The van der Waals surface area contributed by atoms with Crippen LogP contribution < -0.4 is 4.74 Å². The molecule has 2 aliphatic rings. The highest BCUT2D eigenvalue weighted by atomic mass is 16.5. The summed E-state index contributed by atoms with van der Waals surface area (Å²) in [7, 11) is 0. The summed E-state index contributed by atoms with van der Waals surface area (Å²) in [6, 6.07) is 12.1. The first kappa shape index (κ1) is 15.6. The summed E-state index contributed by atoms with van der Waals surface area (Å²) in [5.41, 5.74) is 3.07. The van der Waals surface area contributed by atoms with Crippen molar-refractivity contribution in [1.82, 2.24) is 15.1 Å². The van der Waals surface area contributed by atoms with Crippen LogP contribution in [0.3, 0.4) is 0 Å². The van der Waals surface area contributed by atoms with Crippen LogP contribution in [0.4, 0.5) is 0 Å². The van der Waals surface area contributed by atoms with Crippen LogP contribution in [-0.2, 0) is 6.42 Å². The fourth-order valence-electron chi connectivity index (χ4n) is 3.09. The Bertz CT molecular complexity index is 899. The molecule has 0 atom stereocenters. The van der Waals surface area contributed by atoms with Crippen LogP contribution in [0.2, 0.25) is 0 Å². The van der Waals surface area contributed by atoms with Gasteiger partial charge in [0.25, 0.3) is 5.89 Å². The van der Waals surface area contributed by atoms with Gasteiger partial charge >= 0.3 is 0 Å². The van der Waals surface area contributed by atoms with Crippen LogP contribution in [0.1, 0.15) is 48.6 Å². The Kier molecular flexibility index (Phi) is 3.92. The van der Waals surface area contributed by atoms with E-state index < -0.39 is 0 Å². The van der Waals surface area contributed by atoms with E-state index in [1.54, 1.807) is 0 Å². The number of pyridine rings is 1. The van der Waals surface area contributed by atoms with Crippen molar-refractivity contribution in [2.75, 3.05) is 6.61 Å². The van der Waals surface area contributed by atoms with Crippen LogP contribution in [0.15, 0.2) is 47.1 Å². The summed E-state index contributed by atoms with van der Waals surface area (Å²) < 4.78 is 11.5. The lowest BCUT2D eigenvalue weighted by Gasteiger charge is -2.11. The van der Waals surface area contributed by atoms with Gasteiger partial charge in [-0.25, -0.2) is 0 Å². The highest BCUT2D eigenvalue weighted by molar-refractivity contribution is 5.53. The normalized spacial score (nSPS) is 16.6. The molecule has 2 saturated carbocycles. The van der Waals surface area contributed by atoms with Gasteiger partial charge in [0.05, 0.1) is 6.61 Å². The second-order valence-corrected chi connectivity index (χ2v) is 7.31. The summed E-state index contributed by atoms with van der Waals surface area (Å²) in [5, 5.41) is 4.10. The molecular formula is C21H21N3O2. The third-order valence-electron chi connectivity index (χ3n) is 4.98. The quantitative estimate of drug-likeness (QED) is 0.634. The number of ether oxygens (including phenoxy) is 1. The first-order chi connectivity index (χ1) is 12.8. The number of rotatable bonds is 7. The third-order valence-corrected chi connectivity index (χ3v) is 4.98. The van der Waals surface area contributed by atoms with Gasteiger partial charge in [0.1, 0.15) is 11.4 Å². The lowest BCUT2D eigenvalue weighted by Crippen LogP contribution is -2.02. The lowest BCUT2D eigenvalue weighted by atomic mass is 10.1. The molecule has 0 N–H and O–H groups in total. The molecule has 132 valence electrons. The second-order valence-electron chi connectivity index (χ2n) is 7.31. The molecule has 0 bridgehead atoms. The highest BCUT2D eigenvalue weighted by Gasteiger charge is 2.29. The zero-order valence-electron chi connectivity index (χ0n) is 14.6. The zero-order chi connectivity index (χ0) is 17.3. The molecule has 5 nitrogen and oxygen atoms in total. The van der Waals surface area contributed by atoms with Crippen LogP contribution in [-0.4, -0.2) is 21.7 Å². The van der Waals surface area contributed by atoms with Gasteiger partial charge in [-0.3, -0.25) is 4.98 Å². The number of hydrogen-bond acceptors (Lipinski definition) is 5. The molecule has 0 aliphatic heterocycles. The van der Waals surface area contributed by atoms with Crippen molar-refractivity contribution in [2.45, 2.75) is 38.0 Å². The van der Waals surface area contributed by atoms with E-state index in [9.17, 15) is 0 Å². The smallest absolute Gasteiger partial charge is 0.276 e. The van der Waals surface area contributed by atoms with E-state index in [0.717, 1.165) is 23.8 Å². The van der Waals surface area contributed by atoms with E-state index in [2.05, 4.69) is 27.3 Å². The predicted octanol–water partition coefficient (Wildman–Crippen LogP) is 4.39. The van der Waals surface area contributed by atoms with Gasteiger partial charge in [-0.1, -0.05) is 35.5 Å². The molecule has 2 aliphatic carbocycles. The SMILES string of the molecule is c1ccc(Cc2noc(-c3cc(OCC4CC4)c(C4CC4)cn3)n2)cc1. The topological polar surface area (TPSA) is 61.0 Å². The van der Waals surface area contributed by atoms with Gasteiger partial charge in [0.2, 0.25) is 0 Å². The third kappa shape index (κ3) is 3.47. The van der Waals surface area contributed by atoms with Crippen molar-refractivity contribution in [2.24, 2.45) is 5.92 Å². The van der Waals surface area contributed by atoms with E-state index in [1.807, 2.05) is 30.5 Å². The average Bonchev–Trinajstić information content (AvgIpc) is 3.60. The molecule has 3 aromatic rings. The maximum absolute atomic E-state index is 6.10. The molecule has 2 aromatic heterocycles. The van der Waals surface area contributed by atoms with Gasteiger partial charge in [0.15, 0.2) is 5.82 Å². The van der Waals surface area contributed by atoms with E-state index in [1.165, 1.54) is 31.2 Å². The molecular weight excluding hydrogens is 326 g/mol. The van der Waals surface area contributed by atoms with E-state index in [4.69, 9.17) is 9.26 Å². The summed E-state index contributed by atoms with van der Waals surface area (Å²) in [6.45, 7) is 0.798. The van der Waals surface area contributed by atoms with Crippen molar-refractivity contribution >= 4 is 0 Å². The number of benzene rings is 1. The molecule has 0 amide bonds. The van der Waals surface area contributed by atoms with E-state index in [-0.39, 0.29) is 0 Å². The first-order valence-corrected chi connectivity index (χ1v) is 9.35. The van der Waals surface area contributed by atoms with Crippen molar-refractivity contribution in [1.29, 1.82) is 0 Å². The average molecular weight is 347 g/mol. The largest absolute Gasteiger partial charge is 0.493 e. The highest BCUT2D eigenvalue weighted by Crippen LogP contribution is 2.45. The second kappa shape index (κ2) is 6.56. The standard InChI is InChI=1S/C21H21N3O2/c1-2-4-14(5-3-1)10-20-23-21(26-24-20)18-11-19(25-13-15-6-7-15)17(12-22-18)16-8-9-16/h1-5,11-12,15-16H,6-10,13H2. The van der Waals surface area contributed by atoms with E-state index >= 15 is 0 Å². The molecule has 0 saturated heterocycles.